The van der Waals surface area contributed by atoms with Crippen LogP contribution in [0.1, 0.15) is 10.4 Å². The van der Waals surface area contributed by atoms with Crippen LogP contribution < -0.4 is 0 Å². The predicted octanol–water partition coefficient (Wildman–Crippen LogP) is 1.97. The van der Waals surface area contributed by atoms with Gasteiger partial charge in [0.2, 0.25) is 0 Å². The molecule has 0 fully saturated rings. The minimum atomic E-state index is -0.0131. The summed E-state index contributed by atoms with van der Waals surface area (Å²) in [7, 11) is 3.65. The largest absolute Gasteiger partial charge is 0.303 e. The molecule has 78 valence electrons. The van der Waals surface area contributed by atoms with E-state index in [1.54, 1.807) is 29.4 Å². The van der Waals surface area contributed by atoms with Crippen LogP contribution in [0.5, 0.6) is 0 Å². The number of hydrogen-bond donors (Lipinski definition) is 0. The molecule has 1 aromatic rings. The number of allylic oxidation sites excluding steroid dienone is 2. The number of rotatable bonds is 4. The maximum atomic E-state index is 11.5. The summed E-state index contributed by atoms with van der Waals surface area (Å²) in [6.07, 6.45) is 4.72. The van der Waals surface area contributed by atoms with E-state index >= 15 is 0 Å². The number of carbonyl (C=O) groups excluding carboxylic acids is 1. The zero-order valence-electron chi connectivity index (χ0n) is 8.92. The highest BCUT2D eigenvalue weighted by Crippen LogP contribution is 2.00. The number of carbonyl (C=O) groups is 1. The topological polar surface area (TPSA) is 32.7 Å². The molecule has 15 heavy (non-hydrogen) atoms. The van der Waals surface area contributed by atoms with E-state index < -0.39 is 0 Å². The lowest BCUT2D eigenvalue weighted by molar-refractivity contribution is 0.104. The van der Waals surface area contributed by atoms with Gasteiger partial charge in [0.1, 0.15) is 0 Å². The minimum absolute atomic E-state index is 0.0131. The Kier molecular flexibility index (Phi) is 4.29. The Bertz CT molecular complexity index is 366. The lowest BCUT2D eigenvalue weighted by atomic mass is 10.1. The zero-order valence-corrected chi connectivity index (χ0v) is 8.92. The van der Waals surface area contributed by atoms with Gasteiger partial charge < -0.3 is 5.01 Å². The van der Waals surface area contributed by atoms with Gasteiger partial charge in [0, 0.05) is 25.9 Å². The molecule has 0 aliphatic rings. The average molecular weight is 202 g/mol. The van der Waals surface area contributed by atoms with Crippen LogP contribution in [-0.2, 0) is 0 Å². The first kappa shape index (κ1) is 11.2. The molecule has 0 heterocycles. The molecule has 0 saturated heterocycles. The van der Waals surface area contributed by atoms with Gasteiger partial charge in [0.15, 0.2) is 5.78 Å². The van der Waals surface area contributed by atoms with Crippen molar-refractivity contribution in [2.24, 2.45) is 5.10 Å². The molecule has 0 aliphatic carbocycles. The lowest BCUT2D eigenvalue weighted by Crippen LogP contribution is -2.00. The second kappa shape index (κ2) is 5.75. The maximum Gasteiger partial charge on any atom is 0.185 e. The van der Waals surface area contributed by atoms with Gasteiger partial charge >= 0.3 is 0 Å². The van der Waals surface area contributed by atoms with E-state index in [2.05, 4.69) is 5.10 Å². The Hall–Kier alpha value is -1.90. The summed E-state index contributed by atoms with van der Waals surface area (Å²) in [6, 6.07) is 9.14. The summed E-state index contributed by atoms with van der Waals surface area (Å²) in [5.41, 5.74) is 0.687. The van der Waals surface area contributed by atoms with Crippen LogP contribution in [0.3, 0.4) is 0 Å². The molecule has 0 amide bonds. The fraction of sp³-hybridized carbons (Fsp3) is 0.167. The van der Waals surface area contributed by atoms with Crippen LogP contribution in [0.25, 0.3) is 0 Å². The highest BCUT2D eigenvalue weighted by atomic mass is 16.1. The van der Waals surface area contributed by atoms with E-state index in [4.69, 9.17) is 0 Å². The SMILES string of the molecule is CN(C)/N=C/C=C\C(=O)c1ccccc1. The number of nitrogens with zero attached hydrogens (tertiary/aromatic N) is 2. The monoisotopic (exact) mass is 202 g/mol. The molecule has 3 nitrogen and oxygen atoms in total. The van der Waals surface area contributed by atoms with Gasteiger partial charge in [-0.15, -0.1) is 0 Å². The van der Waals surface area contributed by atoms with Crippen LogP contribution in [0.2, 0.25) is 0 Å². The molecule has 0 atom stereocenters. The highest BCUT2D eigenvalue weighted by Gasteiger charge is 1.97. The average Bonchev–Trinajstić information content (AvgIpc) is 2.25. The van der Waals surface area contributed by atoms with Gasteiger partial charge in [-0.2, -0.15) is 5.10 Å². The van der Waals surface area contributed by atoms with Gasteiger partial charge in [-0.05, 0) is 12.2 Å². The van der Waals surface area contributed by atoms with Gasteiger partial charge in [-0.1, -0.05) is 30.3 Å². The molecule has 0 bridgehead atoms. The number of ketones is 1. The minimum Gasteiger partial charge on any atom is -0.303 e. The second-order valence-electron chi connectivity index (χ2n) is 3.20. The molecule has 0 aromatic heterocycles. The van der Waals surface area contributed by atoms with Gasteiger partial charge in [-0.3, -0.25) is 4.79 Å². The van der Waals surface area contributed by atoms with Crippen LogP contribution in [0, 0.1) is 0 Å². The van der Waals surface area contributed by atoms with E-state index in [0.717, 1.165) is 0 Å². The number of benzene rings is 1. The Morgan fingerprint density at radius 2 is 1.93 bits per heavy atom. The third-order valence-electron chi connectivity index (χ3n) is 1.69. The summed E-state index contributed by atoms with van der Waals surface area (Å²) in [4.78, 5) is 11.5. The normalized spacial score (nSPS) is 11.1. The van der Waals surface area contributed by atoms with E-state index in [9.17, 15) is 4.79 Å². The number of hydrazone groups is 1. The summed E-state index contributed by atoms with van der Waals surface area (Å²) < 4.78 is 0. The molecule has 1 rings (SSSR count). The van der Waals surface area contributed by atoms with E-state index in [0.29, 0.717) is 5.56 Å². The first-order chi connectivity index (χ1) is 7.20. The predicted molar refractivity (Wildman–Crippen MR) is 62.1 cm³/mol. The zero-order chi connectivity index (χ0) is 11.1. The van der Waals surface area contributed by atoms with Gasteiger partial charge in [-0.25, -0.2) is 0 Å². The van der Waals surface area contributed by atoms with Crippen molar-refractivity contribution in [3.63, 3.8) is 0 Å². The van der Waals surface area contributed by atoms with E-state index in [1.807, 2.05) is 32.3 Å². The molecule has 0 N–H and O–H groups in total. The van der Waals surface area contributed by atoms with Crippen molar-refractivity contribution in [2.75, 3.05) is 14.1 Å². The molecule has 0 saturated carbocycles. The third kappa shape index (κ3) is 4.22. The highest BCUT2D eigenvalue weighted by molar-refractivity contribution is 6.06. The van der Waals surface area contributed by atoms with Crippen LogP contribution in [-0.4, -0.2) is 31.1 Å². The molecule has 0 aliphatic heterocycles. The first-order valence-electron chi connectivity index (χ1n) is 4.67. The lowest BCUT2D eigenvalue weighted by Gasteiger charge is -1.99. The Balaban J connectivity index is 2.57. The Labute approximate surface area is 89.7 Å². The Morgan fingerprint density at radius 3 is 2.53 bits per heavy atom. The van der Waals surface area contributed by atoms with Crippen LogP contribution in [0.15, 0.2) is 47.6 Å². The summed E-state index contributed by atoms with van der Waals surface area (Å²) in [5, 5.41) is 5.62. The Morgan fingerprint density at radius 1 is 1.27 bits per heavy atom. The molecule has 0 spiro atoms. The summed E-state index contributed by atoms with van der Waals surface area (Å²) >= 11 is 0. The van der Waals surface area contributed by atoms with E-state index in [-0.39, 0.29) is 5.78 Å². The van der Waals surface area contributed by atoms with Gasteiger partial charge in [0.25, 0.3) is 0 Å². The first-order valence-corrected chi connectivity index (χ1v) is 4.67. The summed E-state index contributed by atoms with van der Waals surface area (Å²) in [5.74, 6) is -0.0131. The standard InChI is InChI=1S/C12H14N2O/c1-14(2)13-10-6-9-12(15)11-7-4-3-5-8-11/h3-10H,1-2H3/b9-6-,13-10+. The van der Waals surface area contributed by atoms with Crippen molar-refractivity contribution >= 4 is 12.0 Å². The molecule has 0 unspecified atom stereocenters. The third-order valence-corrected chi connectivity index (χ3v) is 1.69. The van der Waals surface area contributed by atoms with Crippen molar-refractivity contribution in [1.29, 1.82) is 0 Å². The second-order valence-corrected chi connectivity index (χ2v) is 3.20. The number of hydrogen-bond acceptors (Lipinski definition) is 3. The van der Waals surface area contributed by atoms with Crippen molar-refractivity contribution in [1.82, 2.24) is 5.01 Å². The van der Waals surface area contributed by atoms with E-state index in [1.165, 1.54) is 6.08 Å². The molecular weight excluding hydrogens is 188 g/mol. The smallest absolute Gasteiger partial charge is 0.185 e. The molecule has 1 aromatic carbocycles. The molecule has 0 radical (unpaired) electrons. The summed E-state index contributed by atoms with van der Waals surface area (Å²) in [6.45, 7) is 0. The maximum absolute atomic E-state index is 11.5. The molecule has 3 heteroatoms. The van der Waals surface area contributed by atoms with Crippen LogP contribution in [0.4, 0.5) is 0 Å². The quantitative estimate of drug-likeness (QED) is 0.323. The van der Waals surface area contributed by atoms with Crippen molar-refractivity contribution in [3.8, 4) is 0 Å². The van der Waals surface area contributed by atoms with Crippen LogP contribution >= 0.6 is 0 Å². The van der Waals surface area contributed by atoms with Gasteiger partial charge in [0.05, 0.1) is 0 Å². The fourth-order valence-corrected chi connectivity index (χ4v) is 1.00. The fourth-order valence-electron chi connectivity index (χ4n) is 1.00. The van der Waals surface area contributed by atoms with Crippen molar-refractivity contribution in [3.05, 3.63) is 48.0 Å². The van der Waals surface area contributed by atoms with Crippen molar-refractivity contribution in [2.45, 2.75) is 0 Å². The molecular formula is C12H14N2O. The van der Waals surface area contributed by atoms with Crippen molar-refractivity contribution < 1.29 is 4.79 Å².